The number of ether oxygens (including phenoxy) is 2. The van der Waals surface area contributed by atoms with Gasteiger partial charge in [0.15, 0.2) is 5.60 Å². The maximum Gasteiger partial charge on any atom is 0.306 e. The molecule has 6 atom stereocenters. The van der Waals surface area contributed by atoms with Crippen molar-refractivity contribution in [2.75, 3.05) is 0 Å². The van der Waals surface area contributed by atoms with E-state index in [-0.39, 0.29) is 23.1 Å². The number of hydrogen-bond acceptors (Lipinski definition) is 5. The maximum absolute atomic E-state index is 13.9. The molecule has 0 bridgehead atoms. The third-order valence-electron chi connectivity index (χ3n) is 7.75. The van der Waals surface area contributed by atoms with Gasteiger partial charge < -0.3 is 9.47 Å². The van der Waals surface area contributed by atoms with Gasteiger partial charge in [0.05, 0.1) is 5.92 Å². The Kier molecular flexibility index (Phi) is 6.55. The van der Waals surface area contributed by atoms with E-state index in [1.807, 2.05) is 20.8 Å². The van der Waals surface area contributed by atoms with Crippen molar-refractivity contribution in [2.24, 2.45) is 29.1 Å². The SMILES string of the molecule is CCCC(=O)O[C@H]1[C@@H](C)C[C@]2(OC(C)=O)C(=O)/C(C)=C/[C@@H]3[C@H](CC/C(C)=C\[C@@H]12)C3(C)C. The molecular formula is C26H38O5. The molecule has 3 aliphatic rings. The van der Waals surface area contributed by atoms with Crippen LogP contribution in [0.5, 0.6) is 0 Å². The van der Waals surface area contributed by atoms with E-state index >= 15 is 0 Å². The summed E-state index contributed by atoms with van der Waals surface area (Å²) >= 11 is 0. The second-order valence-electron chi connectivity index (χ2n) is 10.6. The average Bonchev–Trinajstić information content (AvgIpc) is 3.08. The van der Waals surface area contributed by atoms with Crippen LogP contribution in [-0.2, 0) is 23.9 Å². The van der Waals surface area contributed by atoms with Gasteiger partial charge in [-0.2, -0.15) is 0 Å². The molecule has 0 aromatic heterocycles. The van der Waals surface area contributed by atoms with Gasteiger partial charge in [0.2, 0.25) is 5.78 Å². The lowest BCUT2D eigenvalue weighted by molar-refractivity contribution is -0.170. The number of carbonyl (C=O) groups is 3. The monoisotopic (exact) mass is 430 g/mol. The summed E-state index contributed by atoms with van der Waals surface area (Å²) in [5.41, 5.74) is 0.646. The Morgan fingerprint density at radius 1 is 1.16 bits per heavy atom. The van der Waals surface area contributed by atoms with E-state index in [1.165, 1.54) is 6.92 Å². The summed E-state index contributed by atoms with van der Waals surface area (Å²) in [6.07, 6.45) is 7.03. The van der Waals surface area contributed by atoms with Crippen LogP contribution < -0.4 is 0 Å². The fourth-order valence-electron chi connectivity index (χ4n) is 5.96. The highest BCUT2D eigenvalue weighted by molar-refractivity contribution is 6.03. The zero-order valence-corrected chi connectivity index (χ0v) is 20.1. The van der Waals surface area contributed by atoms with E-state index in [0.717, 1.165) is 18.4 Å². The number of allylic oxidation sites excluding steroid dienone is 2. The first kappa shape index (κ1) is 23.7. The Bertz CT molecular complexity index is 820. The van der Waals surface area contributed by atoms with Crippen LogP contribution >= 0.6 is 0 Å². The lowest BCUT2D eigenvalue weighted by Gasteiger charge is -2.34. The Labute approximate surface area is 186 Å². The van der Waals surface area contributed by atoms with Crippen molar-refractivity contribution in [1.29, 1.82) is 0 Å². The number of rotatable bonds is 4. The molecule has 0 N–H and O–H groups in total. The molecular weight excluding hydrogens is 392 g/mol. The van der Waals surface area contributed by atoms with E-state index in [2.05, 4.69) is 32.9 Å². The van der Waals surface area contributed by atoms with Crippen LogP contribution in [0.4, 0.5) is 0 Å². The fraction of sp³-hybridized carbons (Fsp3) is 0.731. The predicted molar refractivity (Wildman–Crippen MR) is 119 cm³/mol. The summed E-state index contributed by atoms with van der Waals surface area (Å²) in [7, 11) is 0. The Balaban J connectivity index is 2.09. The first-order valence-electron chi connectivity index (χ1n) is 11.7. The molecule has 172 valence electrons. The van der Waals surface area contributed by atoms with Crippen LogP contribution in [-0.4, -0.2) is 29.4 Å². The van der Waals surface area contributed by atoms with Crippen molar-refractivity contribution in [1.82, 2.24) is 0 Å². The van der Waals surface area contributed by atoms with Gasteiger partial charge in [-0.05, 0) is 61.9 Å². The summed E-state index contributed by atoms with van der Waals surface area (Å²) < 4.78 is 11.8. The quantitative estimate of drug-likeness (QED) is 0.454. The highest BCUT2D eigenvalue weighted by Crippen LogP contribution is 2.62. The second-order valence-corrected chi connectivity index (χ2v) is 10.6. The molecule has 0 aromatic rings. The van der Waals surface area contributed by atoms with Crippen LogP contribution in [0.3, 0.4) is 0 Å². The van der Waals surface area contributed by atoms with E-state index in [4.69, 9.17) is 9.47 Å². The molecule has 0 radical (unpaired) electrons. The number of fused-ring (bicyclic) bond motifs is 2. The third kappa shape index (κ3) is 4.38. The molecule has 0 aromatic carbocycles. The lowest BCUT2D eigenvalue weighted by Crippen LogP contribution is -2.48. The smallest absolute Gasteiger partial charge is 0.306 e. The lowest BCUT2D eigenvalue weighted by atomic mass is 9.81. The molecule has 0 spiro atoms. The molecule has 0 aliphatic heterocycles. The fourth-order valence-corrected chi connectivity index (χ4v) is 5.96. The van der Waals surface area contributed by atoms with Gasteiger partial charge in [-0.3, -0.25) is 14.4 Å². The number of hydrogen-bond donors (Lipinski definition) is 0. The standard InChI is InChI=1S/C26H38O5/c1-8-9-22(28)30-23-17(4)14-26(31-18(5)27)21(23)12-15(2)10-11-19-20(25(19,6)7)13-16(3)24(26)29/h12-13,17,19-21,23H,8-11,14H2,1-7H3/b15-12-,16-13+/t17-,19-,20+,21-,23-,26+/m0/s1. The molecule has 5 nitrogen and oxygen atoms in total. The first-order valence-corrected chi connectivity index (χ1v) is 11.7. The van der Waals surface area contributed by atoms with Gasteiger partial charge in [0, 0.05) is 19.8 Å². The molecule has 2 saturated carbocycles. The summed E-state index contributed by atoms with van der Waals surface area (Å²) in [4.78, 5) is 38.5. The van der Waals surface area contributed by atoms with Crippen molar-refractivity contribution >= 4 is 17.7 Å². The van der Waals surface area contributed by atoms with Crippen LogP contribution in [0.2, 0.25) is 0 Å². The molecule has 3 aliphatic carbocycles. The van der Waals surface area contributed by atoms with Gasteiger partial charge in [0.25, 0.3) is 0 Å². The minimum atomic E-state index is -1.33. The molecule has 5 heteroatoms. The Morgan fingerprint density at radius 3 is 2.45 bits per heavy atom. The summed E-state index contributed by atoms with van der Waals surface area (Å²) in [6.45, 7) is 13.7. The van der Waals surface area contributed by atoms with Gasteiger partial charge in [-0.15, -0.1) is 0 Å². The minimum absolute atomic E-state index is 0.0981. The molecule has 31 heavy (non-hydrogen) atoms. The molecule has 3 rings (SSSR count). The molecule has 0 heterocycles. The first-order chi connectivity index (χ1) is 14.4. The number of carbonyl (C=O) groups excluding carboxylic acids is 3. The molecule has 2 fully saturated rings. The third-order valence-corrected chi connectivity index (χ3v) is 7.75. The van der Waals surface area contributed by atoms with E-state index < -0.39 is 23.6 Å². The van der Waals surface area contributed by atoms with Crippen LogP contribution in [0, 0.1) is 29.1 Å². The van der Waals surface area contributed by atoms with E-state index in [9.17, 15) is 14.4 Å². The van der Waals surface area contributed by atoms with Crippen LogP contribution in [0.1, 0.15) is 80.6 Å². The number of esters is 2. The highest BCUT2D eigenvalue weighted by atomic mass is 16.6. The van der Waals surface area contributed by atoms with E-state index in [1.54, 1.807) is 0 Å². The number of Topliss-reactive ketones (excluding diaryl/α,β-unsaturated/α-hetero) is 1. The van der Waals surface area contributed by atoms with E-state index in [0.29, 0.717) is 36.7 Å². The minimum Gasteiger partial charge on any atom is -0.461 e. The molecule has 0 unspecified atom stereocenters. The second kappa shape index (κ2) is 8.55. The van der Waals surface area contributed by atoms with Crippen LogP contribution in [0.25, 0.3) is 0 Å². The van der Waals surface area contributed by atoms with Crippen molar-refractivity contribution < 1.29 is 23.9 Å². The Morgan fingerprint density at radius 2 is 1.84 bits per heavy atom. The average molecular weight is 431 g/mol. The van der Waals surface area contributed by atoms with Crippen molar-refractivity contribution in [3.63, 3.8) is 0 Å². The largest absolute Gasteiger partial charge is 0.461 e. The zero-order chi connectivity index (χ0) is 23.1. The topological polar surface area (TPSA) is 69.7 Å². The molecule has 0 amide bonds. The summed E-state index contributed by atoms with van der Waals surface area (Å²) in [6, 6.07) is 0. The van der Waals surface area contributed by atoms with Gasteiger partial charge in [-0.1, -0.05) is 45.4 Å². The van der Waals surface area contributed by atoms with Gasteiger partial charge in [0.1, 0.15) is 6.10 Å². The van der Waals surface area contributed by atoms with Crippen molar-refractivity contribution in [2.45, 2.75) is 92.3 Å². The maximum atomic E-state index is 13.9. The van der Waals surface area contributed by atoms with Crippen molar-refractivity contribution in [3.05, 3.63) is 23.3 Å². The zero-order valence-electron chi connectivity index (χ0n) is 20.1. The summed E-state index contributed by atoms with van der Waals surface area (Å²) in [5, 5.41) is 0. The highest BCUT2D eigenvalue weighted by Gasteiger charge is 2.61. The molecule has 0 saturated heterocycles. The van der Waals surface area contributed by atoms with Crippen LogP contribution in [0.15, 0.2) is 23.3 Å². The predicted octanol–water partition coefficient (Wildman–Crippen LogP) is 5.18. The van der Waals surface area contributed by atoms with Gasteiger partial charge in [-0.25, -0.2) is 0 Å². The normalized spacial score (nSPS) is 40.2. The number of ketones is 1. The summed E-state index contributed by atoms with van der Waals surface area (Å²) in [5.74, 6) is -0.582. The Hall–Kier alpha value is -1.91. The van der Waals surface area contributed by atoms with Gasteiger partial charge >= 0.3 is 11.9 Å². The van der Waals surface area contributed by atoms with Crippen molar-refractivity contribution in [3.8, 4) is 0 Å².